The standard InChI is InChI=1S/C13H13NO2/c14-13-8-11(15)7-6-10(13)9-16-12-4-2-1-3-5-12/h1-8,15H,9,14H2. The molecular weight excluding hydrogens is 202 g/mol. The van der Waals surface area contributed by atoms with Crippen LogP contribution in [-0.4, -0.2) is 5.11 Å². The molecule has 0 atom stereocenters. The molecule has 2 aromatic rings. The van der Waals surface area contributed by atoms with Gasteiger partial charge in [0.05, 0.1) is 0 Å². The van der Waals surface area contributed by atoms with Crippen molar-refractivity contribution >= 4 is 5.69 Å². The summed E-state index contributed by atoms with van der Waals surface area (Å²) >= 11 is 0. The second kappa shape index (κ2) is 4.57. The van der Waals surface area contributed by atoms with Crippen LogP contribution < -0.4 is 10.5 Å². The minimum Gasteiger partial charge on any atom is -0.508 e. The SMILES string of the molecule is Nc1cc(O)ccc1COc1ccccc1. The molecule has 0 unspecified atom stereocenters. The Kier molecular flexibility index (Phi) is 2.96. The summed E-state index contributed by atoms with van der Waals surface area (Å²) in [5, 5.41) is 9.20. The van der Waals surface area contributed by atoms with E-state index in [1.54, 1.807) is 12.1 Å². The molecule has 0 amide bonds. The molecule has 0 spiro atoms. The van der Waals surface area contributed by atoms with E-state index < -0.39 is 0 Å². The van der Waals surface area contributed by atoms with E-state index in [9.17, 15) is 5.11 Å². The monoisotopic (exact) mass is 215 g/mol. The molecule has 0 aliphatic heterocycles. The molecule has 0 fully saturated rings. The van der Waals surface area contributed by atoms with Gasteiger partial charge in [-0.1, -0.05) is 18.2 Å². The van der Waals surface area contributed by atoms with Crippen LogP contribution in [0.15, 0.2) is 48.5 Å². The summed E-state index contributed by atoms with van der Waals surface area (Å²) in [6, 6.07) is 14.4. The van der Waals surface area contributed by atoms with E-state index >= 15 is 0 Å². The number of nitrogens with two attached hydrogens (primary N) is 1. The highest BCUT2D eigenvalue weighted by Crippen LogP contribution is 2.20. The first-order valence-electron chi connectivity index (χ1n) is 5.01. The summed E-state index contributed by atoms with van der Waals surface area (Å²) in [6.07, 6.45) is 0. The fourth-order valence-electron chi connectivity index (χ4n) is 1.39. The molecule has 82 valence electrons. The molecule has 0 aliphatic carbocycles. The molecule has 2 aromatic carbocycles. The minimum absolute atomic E-state index is 0.168. The molecule has 16 heavy (non-hydrogen) atoms. The van der Waals surface area contributed by atoms with Gasteiger partial charge in [-0.25, -0.2) is 0 Å². The molecular formula is C13H13NO2. The Morgan fingerprint density at radius 3 is 2.50 bits per heavy atom. The first kappa shape index (κ1) is 10.4. The van der Waals surface area contributed by atoms with Crippen molar-refractivity contribution in [2.75, 3.05) is 5.73 Å². The Hall–Kier alpha value is -2.16. The number of aromatic hydroxyl groups is 1. The van der Waals surface area contributed by atoms with Gasteiger partial charge < -0.3 is 15.6 Å². The second-order valence-electron chi connectivity index (χ2n) is 3.48. The highest BCUT2D eigenvalue weighted by atomic mass is 16.5. The maximum Gasteiger partial charge on any atom is 0.119 e. The van der Waals surface area contributed by atoms with Crippen molar-refractivity contribution in [3.8, 4) is 11.5 Å². The number of nitrogen functional groups attached to an aromatic ring is 1. The molecule has 0 aromatic heterocycles. The smallest absolute Gasteiger partial charge is 0.119 e. The van der Waals surface area contributed by atoms with E-state index in [-0.39, 0.29) is 5.75 Å². The van der Waals surface area contributed by atoms with Gasteiger partial charge in [-0.15, -0.1) is 0 Å². The number of para-hydroxylation sites is 1. The normalized spacial score (nSPS) is 10.0. The van der Waals surface area contributed by atoms with Gasteiger partial charge in [-0.3, -0.25) is 0 Å². The van der Waals surface area contributed by atoms with Crippen LogP contribution in [0.1, 0.15) is 5.56 Å². The number of rotatable bonds is 3. The van der Waals surface area contributed by atoms with E-state index in [0.717, 1.165) is 11.3 Å². The van der Waals surface area contributed by atoms with Gasteiger partial charge in [0.25, 0.3) is 0 Å². The Balaban J connectivity index is 2.05. The van der Waals surface area contributed by atoms with Crippen molar-refractivity contribution in [2.45, 2.75) is 6.61 Å². The number of phenols is 1. The molecule has 0 bridgehead atoms. The van der Waals surface area contributed by atoms with Crippen LogP contribution in [0.2, 0.25) is 0 Å². The van der Waals surface area contributed by atoms with Crippen LogP contribution in [0.25, 0.3) is 0 Å². The van der Waals surface area contributed by atoms with Gasteiger partial charge in [0.2, 0.25) is 0 Å². The quantitative estimate of drug-likeness (QED) is 0.773. The molecule has 0 aliphatic rings. The Morgan fingerprint density at radius 1 is 1.06 bits per heavy atom. The second-order valence-corrected chi connectivity index (χ2v) is 3.48. The first-order chi connectivity index (χ1) is 7.75. The number of anilines is 1. The lowest BCUT2D eigenvalue weighted by molar-refractivity contribution is 0.307. The number of phenolic OH excluding ortho intramolecular Hbond substituents is 1. The zero-order chi connectivity index (χ0) is 11.4. The van der Waals surface area contributed by atoms with E-state index in [0.29, 0.717) is 12.3 Å². The summed E-state index contributed by atoms with van der Waals surface area (Å²) in [7, 11) is 0. The first-order valence-corrected chi connectivity index (χ1v) is 5.01. The molecule has 0 saturated heterocycles. The highest BCUT2D eigenvalue weighted by Gasteiger charge is 2.01. The highest BCUT2D eigenvalue weighted by molar-refractivity contribution is 5.50. The summed E-state index contributed by atoms with van der Waals surface area (Å²) in [4.78, 5) is 0. The Bertz CT molecular complexity index is 469. The van der Waals surface area contributed by atoms with Gasteiger partial charge in [0, 0.05) is 17.3 Å². The zero-order valence-corrected chi connectivity index (χ0v) is 8.76. The fourth-order valence-corrected chi connectivity index (χ4v) is 1.39. The molecule has 3 nitrogen and oxygen atoms in total. The molecule has 0 saturated carbocycles. The van der Waals surface area contributed by atoms with Gasteiger partial charge in [-0.2, -0.15) is 0 Å². The van der Waals surface area contributed by atoms with Gasteiger partial charge in [-0.05, 0) is 24.3 Å². The number of ether oxygens (including phenoxy) is 1. The van der Waals surface area contributed by atoms with Gasteiger partial charge in [0.1, 0.15) is 18.1 Å². The van der Waals surface area contributed by atoms with Crippen molar-refractivity contribution in [1.82, 2.24) is 0 Å². The number of hydrogen-bond donors (Lipinski definition) is 2. The Labute approximate surface area is 94.1 Å². The maximum absolute atomic E-state index is 9.20. The predicted molar refractivity (Wildman–Crippen MR) is 63.3 cm³/mol. The van der Waals surface area contributed by atoms with Crippen LogP contribution >= 0.6 is 0 Å². The van der Waals surface area contributed by atoms with Crippen molar-refractivity contribution in [3.63, 3.8) is 0 Å². The lowest BCUT2D eigenvalue weighted by atomic mass is 10.2. The summed E-state index contributed by atoms with van der Waals surface area (Å²) in [6.45, 7) is 0.399. The van der Waals surface area contributed by atoms with E-state index in [4.69, 9.17) is 10.5 Å². The van der Waals surface area contributed by atoms with Crippen molar-refractivity contribution < 1.29 is 9.84 Å². The third-order valence-electron chi connectivity index (χ3n) is 2.27. The van der Waals surface area contributed by atoms with E-state index in [2.05, 4.69) is 0 Å². The van der Waals surface area contributed by atoms with Crippen molar-refractivity contribution in [1.29, 1.82) is 0 Å². The maximum atomic E-state index is 9.20. The fraction of sp³-hybridized carbons (Fsp3) is 0.0769. The molecule has 3 heteroatoms. The zero-order valence-electron chi connectivity index (χ0n) is 8.76. The van der Waals surface area contributed by atoms with Gasteiger partial charge >= 0.3 is 0 Å². The summed E-state index contributed by atoms with van der Waals surface area (Å²) < 4.78 is 5.55. The van der Waals surface area contributed by atoms with Crippen LogP contribution in [0.4, 0.5) is 5.69 Å². The van der Waals surface area contributed by atoms with Crippen LogP contribution in [0, 0.1) is 0 Å². The van der Waals surface area contributed by atoms with Crippen LogP contribution in [0.5, 0.6) is 11.5 Å². The average molecular weight is 215 g/mol. The third kappa shape index (κ3) is 2.45. The molecule has 0 heterocycles. The molecule has 0 radical (unpaired) electrons. The number of benzene rings is 2. The summed E-state index contributed by atoms with van der Waals surface area (Å²) in [5.74, 6) is 0.968. The lowest BCUT2D eigenvalue weighted by Crippen LogP contribution is -1.99. The third-order valence-corrected chi connectivity index (χ3v) is 2.27. The molecule has 3 N–H and O–H groups in total. The minimum atomic E-state index is 0.168. The Morgan fingerprint density at radius 2 is 1.81 bits per heavy atom. The number of hydrogen-bond acceptors (Lipinski definition) is 3. The lowest BCUT2D eigenvalue weighted by Gasteiger charge is -2.08. The summed E-state index contributed by atoms with van der Waals surface area (Å²) in [5.41, 5.74) is 7.15. The topological polar surface area (TPSA) is 55.5 Å². The van der Waals surface area contributed by atoms with E-state index in [1.165, 1.54) is 6.07 Å². The van der Waals surface area contributed by atoms with Crippen LogP contribution in [-0.2, 0) is 6.61 Å². The van der Waals surface area contributed by atoms with Crippen LogP contribution in [0.3, 0.4) is 0 Å². The van der Waals surface area contributed by atoms with Crippen molar-refractivity contribution in [2.24, 2.45) is 0 Å². The average Bonchev–Trinajstić information content (AvgIpc) is 2.29. The van der Waals surface area contributed by atoms with Crippen molar-refractivity contribution in [3.05, 3.63) is 54.1 Å². The molecule has 2 rings (SSSR count). The van der Waals surface area contributed by atoms with E-state index in [1.807, 2.05) is 30.3 Å². The van der Waals surface area contributed by atoms with Gasteiger partial charge in [0.15, 0.2) is 0 Å². The largest absolute Gasteiger partial charge is 0.508 e. The predicted octanol–water partition coefficient (Wildman–Crippen LogP) is 2.55.